The predicted molar refractivity (Wildman–Crippen MR) is 82.3 cm³/mol. The van der Waals surface area contributed by atoms with E-state index in [4.69, 9.17) is 21.5 Å². The number of methoxy groups -OCH3 is 1. The van der Waals surface area contributed by atoms with Crippen molar-refractivity contribution in [3.63, 3.8) is 0 Å². The molecule has 0 aliphatic heterocycles. The van der Waals surface area contributed by atoms with E-state index in [0.717, 1.165) is 22.6 Å². The van der Waals surface area contributed by atoms with Gasteiger partial charge in [-0.3, -0.25) is 4.79 Å². The van der Waals surface area contributed by atoms with E-state index in [1.54, 1.807) is 7.11 Å². The van der Waals surface area contributed by atoms with E-state index in [2.05, 4.69) is 5.32 Å². The third kappa shape index (κ3) is 3.07. The normalized spacial score (nSPS) is 9.90. The summed E-state index contributed by atoms with van der Waals surface area (Å²) in [5.74, 6) is 0.0891. The third-order valence-corrected chi connectivity index (χ3v) is 3.95. The first kappa shape index (κ1) is 14.7. The smallest absolute Gasteiger partial charge is 0.253 e. The van der Waals surface area contributed by atoms with Crippen molar-refractivity contribution in [1.82, 2.24) is 0 Å². The molecule has 0 atom stereocenters. The highest BCUT2D eigenvalue weighted by atomic mass is 32.1. The van der Waals surface area contributed by atoms with Crippen LogP contribution >= 0.6 is 11.3 Å². The first-order valence-corrected chi connectivity index (χ1v) is 6.87. The van der Waals surface area contributed by atoms with Gasteiger partial charge < -0.3 is 21.5 Å². The Hall–Kier alpha value is -2.72. The molecule has 1 aromatic heterocycles. The van der Waals surface area contributed by atoms with E-state index in [0.29, 0.717) is 11.5 Å². The van der Waals surface area contributed by atoms with Crippen LogP contribution in [0, 0.1) is 11.3 Å². The molecule has 2 aromatic rings. The lowest BCUT2D eigenvalue weighted by atomic mass is 10.2. The Kier molecular flexibility index (Phi) is 4.30. The van der Waals surface area contributed by atoms with E-state index in [1.807, 2.05) is 30.3 Å². The lowest BCUT2D eigenvalue weighted by Gasteiger charge is -2.07. The molecule has 0 saturated heterocycles. The number of nitriles is 1. The molecule has 0 bridgehead atoms. The largest absolute Gasteiger partial charge is 0.497 e. The fourth-order valence-corrected chi connectivity index (χ4v) is 2.78. The zero-order chi connectivity index (χ0) is 15.4. The third-order valence-electron chi connectivity index (χ3n) is 2.88. The molecule has 7 heteroatoms. The van der Waals surface area contributed by atoms with Crippen LogP contribution < -0.4 is 21.5 Å². The van der Waals surface area contributed by atoms with Crippen molar-refractivity contribution in [2.24, 2.45) is 5.73 Å². The fourth-order valence-electron chi connectivity index (χ4n) is 1.86. The Morgan fingerprint density at radius 1 is 1.52 bits per heavy atom. The van der Waals surface area contributed by atoms with E-state index in [9.17, 15) is 4.79 Å². The second kappa shape index (κ2) is 6.15. The molecule has 1 amide bonds. The number of hydrogen-bond acceptors (Lipinski definition) is 6. The van der Waals surface area contributed by atoms with E-state index < -0.39 is 5.91 Å². The first-order chi connectivity index (χ1) is 10.1. The maximum Gasteiger partial charge on any atom is 0.253 e. The van der Waals surface area contributed by atoms with Gasteiger partial charge >= 0.3 is 0 Å². The number of amides is 1. The van der Waals surface area contributed by atoms with E-state index in [-0.39, 0.29) is 16.1 Å². The summed E-state index contributed by atoms with van der Waals surface area (Å²) in [4.78, 5) is 11.7. The average Bonchev–Trinajstić information content (AvgIpc) is 2.81. The quantitative estimate of drug-likeness (QED) is 0.780. The zero-order valence-corrected chi connectivity index (χ0v) is 12.2. The summed E-state index contributed by atoms with van der Waals surface area (Å²) >= 11 is 1.11. The minimum atomic E-state index is -0.654. The fraction of sp³-hybridized carbons (Fsp3) is 0.143. The number of carbonyl (C=O) groups is 1. The lowest BCUT2D eigenvalue weighted by Crippen LogP contribution is -2.14. The number of benzene rings is 1. The van der Waals surface area contributed by atoms with Gasteiger partial charge in [0, 0.05) is 6.54 Å². The molecular weight excluding hydrogens is 288 g/mol. The maximum atomic E-state index is 11.5. The number of anilines is 2. The lowest BCUT2D eigenvalue weighted by molar-refractivity contribution is 0.100. The van der Waals surface area contributed by atoms with Gasteiger partial charge in [-0.2, -0.15) is 5.26 Å². The molecule has 5 N–H and O–H groups in total. The highest BCUT2D eigenvalue weighted by Crippen LogP contribution is 2.35. The number of nitrogens with zero attached hydrogens (tertiary/aromatic N) is 1. The minimum Gasteiger partial charge on any atom is -0.497 e. The van der Waals surface area contributed by atoms with Crippen LogP contribution in [0.1, 0.15) is 20.8 Å². The summed E-state index contributed by atoms with van der Waals surface area (Å²) in [7, 11) is 1.59. The summed E-state index contributed by atoms with van der Waals surface area (Å²) < 4.78 is 5.15. The molecule has 0 spiro atoms. The van der Waals surface area contributed by atoms with Crippen molar-refractivity contribution >= 4 is 27.9 Å². The Bertz CT molecular complexity index is 718. The molecule has 0 unspecified atom stereocenters. The predicted octanol–water partition coefficient (Wildman–Crippen LogP) is 1.92. The molecule has 0 saturated carbocycles. The van der Waals surface area contributed by atoms with Gasteiger partial charge in [0.2, 0.25) is 0 Å². The number of nitrogens with one attached hydrogen (secondary N) is 1. The Morgan fingerprint density at radius 2 is 2.29 bits per heavy atom. The Balaban J connectivity index is 2.24. The summed E-state index contributed by atoms with van der Waals surface area (Å²) in [6.07, 6.45) is 0. The number of hydrogen-bond donors (Lipinski definition) is 3. The van der Waals surface area contributed by atoms with Crippen molar-refractivity contribution in [2.45, 2.75) is 6.54 Å². The van der Waals surface area contributed by atoms with Crippen LogP contribution in [-0.4, -0.2) is 13.0 Å². The zero-order valence-electron chi connectivity index (χ0n) is 11.3. The molecule has 108 valence electrons. The van der Waals surface area contributed by atoms with Crippen LogP contribution in [0.4, 0.5) is 10.7 Å². The van der Waals surface area contributed by atoms with Crippen molar-refractivity contribution in [2.75, 3.05) is 18.2 Å². The molecule has 21 heavy (non-hydrogen) atoms. The summed E-state index contributed by atoms with van der Waals surface area (Å²) in [5, 5.41) is 12.6. The van der Waals surface area contributed by atoms with Gasteiger partial charge in [0.05, 0.1) is 18.4 Å². The molecular formula is C14H14N4O2S. The van der Waals surface area contributed by atoms with E-state index in [1.165, 1.54) is 0 Å². The standard InChI is InChI=1S/C14H14N4O2S/c1-20-9-4-2-3-8(5-9)7-18-14-11(13(17)19)12(16)10(6-15)21-14/h2-5,18H,7,16H2,1H3,(H2,17,19). The SMILES string of the molecule is COc1cccc(CNc2sc(C#N)c(N)c2C(N)=O)c1. The van der Waals surface area contributed by atoms with Gasteiger partial charge in [-0.05, 0) is 17.7 Å². The molecule has 0 radical (unpaired) electrons. The van der Waals surface area contributed by atoms with Gasteiger partial charge in [-0.1, -0.05) is 12.1 Å². The van der Waals surface area contributed by atoms with E-state index >= 15 is 0 Å². The first-order valence-electron chi connectivity index (χ1n) is 6.05. The van der Waals surface area contributed by atoms with Crippen LogP contribution in [0.3, 0.4) is 0 Å². The number of carbonyl (C=O) groups excluding carboxylic acids is 1. The number of thiophene rings is 1. The average molecular weight is 302 g/mol. The monoisotopic (exact) mass is 302 g/mol. The summed E-state index contributed by atoms with van der Waals surface area (Å²) in [6.45, 7) is 0.461. The number of rotatable bonds is 5. The van der Waals surface area contributed by atoms with Crippen LogP contribution in [0.25, 0.3) is 0 Å². The number of primary amides is 1. The van der Waals surface area contributed by atoms with Gasteiger partial charge in [0.1, 0.15) is 21.7 Å². The van der Waals surface area contributed by atoms with Crippen LogP contribution in [-0.2, 0) is 6.54 Å². The van der Waals surface area contributed by atoms with Crippen molar-refractivity contribution < 1.29 is 9.53 Å². The van der Waals surface area contributed by atoms with Crippen molar-refractivity contribution in [3.05, 3.63) is 40.3 Å². The molecule has 1 heterocycles. The molecule has 0 aliphatic rings. The highest BCUT2D eigenvalue weighted by Gasteiger charge is 2.19. The van der Waals surface area contributed by atoms with Gasteiger partial charge in [0.15, 0.2) is 0 Å². The van der Waals surface area contributed by atoms with Crippen molar-refractivity contribution in [1.29, 1.82) is 5.26 Å². The molecule has 0 aliphatic carbocycles. The van der Waals surface area contributed by atoms with Crippen LogP contribution in [0.5, 0.6) is 5.75 Å². The van der Waals surface area contributed by atoms with Gasteiger partial charge in [-0.25, -0.2) is 0 Å². The Labute approximate surface area is 125 Å². The van der Waals surface area contributed by atoms with Crippen LogP contribution in [0.15, 0.2) is 24.3 Å². The number of nitrogens with two attached hydrogens (primary N) is 2. The second-order valence-corrected chi connectivity index (χ2v) is 5.25. The number of nitrogen functional groups attached to an aromatic ring is 1. The van der Waals surface area contributed by atoms with Crippen molar-refractivity contribution in [3.8, 4) is 11.8 Å². The second-order valence-electron chi connectivity index (χ2n) is 4.23. The Morgan fingerprint density at radius 3 is 2.90 bits per heavy atom. The summed E-state index contributed by atoms with van der Waals surface area (Å²) in [5.41, 5.74) is 12.3. The summed E-state index contributed by atoms with van der Waals surface area (Å²) in [6, 6.07) is 9.46. The minimum absolute atomic E-state index is 0.128. The van der Waals surface area contributed by atoms with Crippen LogP contribution in [0.2, 0.25) is 0 Å². The number of ether oxygens (including phenoxy) is 1. The molecule has 1 aromatic carbocycles. The molecule has 6 nitrogen and oxygen atoms in total. The van der Waals surface area contributed by atoms with Gasteiger partial charge in [-0.15, -0.1) is 11.3 Å². The molecule has 0 fully saturated rings. The van der Waals surface area contributed by atoms with Gasteiger partial charge in [0.25, 0.3) is 5.91 Å². The molecule has 2 rings (SSSR count). The highest BCUT2D eigenvalue weighted by molar-refractivity contribution is 7.17. The topological polar surface area (TPSA) is 114 Å². The maximum absolute atomic E-state index is 11.5.